The number of aromatic nitrogens is 1. The molecule has 0 aliphatic carbocycles. The SMILES string of the molecule is COc1ccc(C2=NN(C(=O)c3cccnc3)C(c3ccccc3O)C2)cc1. The molecule has 1 amide bonds. The average molecular weight is 373 g/mol. The summed E-state index contributed by atoms with van der Waals surface area (Å²) in [4.78, 5) is 17.1. The Balaban J connectivity index is 1.73. The van der Waals surface area contributed by atoms with Gasteiger partial charge in [-0.2, -0.15) is 5.10 Å². The fraction of sp³-hybridized carbons (Fsp3) is 0.136. The molecule has 140 valence electrons. The van der Waals surface area contributed by atoms with Crippen molar-refractivity contribution in [3.63, 3.8) is 0 Å². The Labute approximate surface area is 162 Å². The summed E-state index contributed by atoms with van der Waals surface area (Å²) in [7, 11) is 1.62. The van der Waals surface area contributed by atoms with Crippen LogP contribution >= 0.6 is 0 Å². The topological polar surface area (TPSA) is 75.0 Å². The van der Waals surface area contributed by atoms with E-state index in [9.17, 15) is 9.90 Å². The van der Waals surface area contributed by atoms with Crippen LogP contribution in [0.3, 0.4) is 0 Å². The molecule has 0 spiro atoms. The highest BCUT2D eigenvalue weighted by Gasteiger charge is 2.35. The van der Waals surface area contributed by atoms with E-state index in [1.807, 2.05) is 36.4 Å². The summed E-state index contributed by atoms with van der Waals surface area (Å²) >= 11 is 0. The first-order valence-electron chi connectivity index (χ1n) is 8.91. The zero-order valence-electron chi connectivity index (χ0n) is 15.3. The molecular weight excluding hydrogens is 354 g/mol. The molecular formula is C22H19N3O3. The minimum Gasteiger partial charge on any atom is -0.508 e. The quantitative estimate of drug-likeness (QED) is 0.755. The van der Waals surface area contributed by atoms with Crippen LogP contribution in [0, 0.1) is 0 Å². The normalized spacial score (nSPS) is 16.0. The van der Waals surface area contributed by atoms with E-state index in [1.165, 1.54) is 11.2 Å². The van der Waals surface area contributed by atoms with E-state index in [1.54, 1.807) is 37.6 Å². The predicted octanol–water partition coefficient (Wildman–Crippen LogP) is 3.79. The number of methoxy groups -OCH3 is 1. The number of phenols is 1. The number of hydrazone groups is 1. The molecule has 6 heteroatoms. The van der Waals surface area contributed by atoms with Crippen LogP contribution < -0.4 is 4.74 Å². The highest BCUT2D eigenvalue weighted by atomic mass is 16.5. The van der Waals surface area contributed by atoms with Crippen molar-refractivity contribution in [2.75, 3.05) is 7.11 Å². The molecule has 28 heavy (non-hydrogen) atoms. The maximum absolute atomic E-state index is 13.1. The van der Waals surface area contributed by atoms with Crippen LogP contribution in [-0.2, 0) is 0 Å². The van der Waals surface area contributed by atoms with Crippen molar-refractivity contribution >= 4 is 11.6 Å². The molecule has 0 radical (unpaired) electrons. The highest BCUT2D eigenvalue weighted by Crippen LogP contribution is 2.37. The van der Waals surface area contributed by atoms with E-state index in [2.05, 4.69) is 10.1 Å². The number of ether oxygens (including phenoxy) is 1. The van der Waals surface area contributed by atoms with Gasteiger partial charge < -0.3 is 9.84 Å². The molecule has 0 saturated heterocycles. The smallest absolute Gasteiger partial charge is 0.276 e. The standard InChI is InChI=1S/C22H19N3O3/c1-28-17-10-8-15(9-11-17)19-13-20(18-6-2-3-7-21(18)26)25(24-19)22(27)16-5-4-12-23-14-16/h2-12,14,20,26H,13H2,1H3. The number of rotatable bonds is 4. The van der Waals surface area contributed by atoms with Gasteiger partial charge in [0.2, 0.25) is 0 Å². The third-order valence-corrected chi connectivity index (χ3v) is 4.75. The first-order chi connectivity index (χ1) is 13.7. The van der Waals surface area contributed by atoms with Crippen LogP contribution in [0.2, 0.25) is 0 Å². The summed E-state index contributed by atoms with van der Waals surface area (Å²) in [5.74, 6) is 0.635. The van der Waals surface area contributed by atoms with E-state index < -0.39 is 6.04 Å². The van der Waals surface area contributed by atoms with Crippen molar-refractivity contribution in [1.82, 2.24) is 9.99 Å². The van der Waals surface area contributed by atoms with Gasteiger partial charge in [0.25, 0.3) is 5.91 Å². The second-order valence-electron chi connectivity index (χ2n) is 6.45. The number of carbonyl (C=O) groups excluding carboxylic acids is 1. The number of pyridine rings is 1. The van der Waals surface area contributed by atoms with Gasteiger partial charge in [-0.1, -0.05) is 18.2 Å². The molecule has 4 rings (SSSR count). The van der Waals surface area contributed by atoms with Crippen LogP contribution in [0.15, 0.2) is 78.2 Å². The Morgan fingerprint density at radius 1 is 1.11 bits per heavy atom. The summed E-state index contributed by atoms with van der Waals surface area (Å²) in [6, 6.07) is 17.6. The molecule has 1 aliphatic heterocycles. The second kappa shape index (κ2) is 7.52. The minimum absolute atomic E-state index is 0.141. The van der Waals surface area contributed by atoms with E-state index in [0.717, 1.165) is 17.0 Å². The van der Waals surface area contributed by atoms with Crippen molar-refractivity contribution in [2.45, 2.75) is 12.5 Å². The van der Waals surface area contributed by atoms with Crippen molar-refractivity contribution < 1.29 is 14.6 Å². The molecule has 6 nitrogen and oxygen atoms in total. The Morgan fingerprint density at radius 3 is 2.57 bits per heavy atom. The lowest BCUT2D eigenvalue weighted by atomic mass is 9.97. The van der Waals surface area contributed by atoms with Crippen LogP contribution in [0.4, 0.5) is 0 Å². The van der Waals surface area contributed by atoms with Gasteiger partial charge in [0, 0.05) is 24.4 Å². The number of nitrogens with zero attached hydrogens (tertiary/aromatic N) is 3. The molecule has 1 unspecified atom stereocenters. The molecule has 2 aromatic carbocycles. The van der Waals surface area contributed by atoms with E-state index >= 15 is 0 Å². The number of amides is 1. The number of para-hydroxylation sites is 1. The van der Waals surface area contributed by atoms with Crippen LogP contribution in [0.25, 0.3) is 0 Å². The maximum atomic E-state index is 13.1. The van der Waals surface area contributed by atoms with E-state index in [0.29, 0.717) is 17.5 Å². The van der Waals surface area contributed by atoms with Gasteiger partial charge >= 0.3 is 0 Å². The van der Waals surface area contributed by atoms with Crippen molar-refractivity contribution in [3.05, 3.63) is 89.7 Å². The predicted molar refractivity (Wildman–Crippen MR) is 105 cm³/mol. The molecule has 1 atom stereocenters. The largest absolute Gasteiger partial charge is 0.508 e. The van der Waals surface area contributed by atoms with Gasteiger partial charge in [-0.15, -0.1) is 0 Å². The molecule has 1 aliphatic rings. The summed E-state index contributed by atoms with van der Waals surface area (Å²) in [5, 5.41) is 16.4. The van der Waals surface area contributed by atoms with Gasteiger partial charge in [0.05, 0.1) is 24.4 Å². The van der Waals surface area contributed by atoms with Gasteiger partial charge in [0.1, 0.15) is 11.5 Å². The third kappa shape index (κ3) is 3.32. The Hall–Kier alpha value is -3.67. The summed E-state index contributed by atoms with van der Waals surface area (Å²) < 4.78 is 5.21. The number of hydrogen-bond donors (Lipinski definition) is 1. The van der Waals surface area contributed by atoms with Crippen LogP contribution in [-0.4, -0.2) is 33.8 Å². The maximum Gasteiger partial charge on any atom is 0.276 e. The summed E-state index contributed by atoms with van der Waals surface area (Å²) in [6.07, 6.45) is 3.63. The number of benzene rings is 2. The van der Waals surface area contributed by atoms with Crippen molar-refractivity contribution in [2.24, 2.45) is 5.10 Å². The second-order valence-corrected chi connectivity index (χ2v) is 6.45. The average Bonchev–Trinajstić information content (AvgIpc) is 3.19. The van der Waals surface area contributed by atoms with Gasteiger partial charge in [-0.05, 0) is 48.0 Å². The third-order valence-electron chi connectivity index (χ3n) is 4.75. The fourth-order valence-electron chi connectivity index (χ4n) is 3.29. The fourth-order valence-corrected chi connectivity index (χ4v) is 3.29. The molecule has 0 saturated carbocycles. The van der Waals surface area contributed by atoms with Crippen LogP contribution in [0.1, 0.15) is 33.9 Å². The first kappa shape index (κ1) is 17.7. The molecule has 0 bridgehead atoms. The lowest BCUT2D eigenvalue weighted by Gasteiger charge is -2.22. The molecule has 1 N–H and O–H groups in total. The summed E-state index contributed by atoms with van der Waals surface area (Å²) in [5.41, 5.74) is 2.78. The van der Waals surface area contributed by atoms with Crippen molar-refractivity contribution in [1.29, 1.82) is 0 Å². The summed E-state index contributed by atoms with van der Waals surface area (Å²) in [6.45, 7) is 0. The number of aromatic hydroxyl groups is 1. The lowest BCUT2D eigenvalue weighted by Crippen LogP contribution is -2.27. The molecule has 1 aromatic heterocycles. The first-order valence-corrected chi connectivity index (χ1v) is 8.91. The van der Waals surface area contributed by atoms with E-state index in [4.69, 9.17) is 4.74 Å². The van der Waals surface area contributed by atoms with E-state index in [-0.39, 0.29) is 11.7 Å². The van der Waals surface area contributed by atoms with Gasteiger partial charge in [0.15, 0.2) is 0 Å². The van der Waals surface area contributed by atoms with Gasteiger partial charge in [-0.3, -0.25) is 9.78 Å². The van der Waals surface area contributed by atoms with Crippen molar-refractivity contribution in [3.8, 4) is 11.5 Å². The Bertz CT molecular complexity index is 1020. The van der Waals surface area contributed by atoms with Crippen LogP contribution in [0.5, 0.6) is 11.5 Å². The number of hydrogen-bond acceptors (Lipinski definition) is 5. The highest BCUT2D eigenvalue weighted by molar-refractivity contribution is 6.05. The number of phenolic OH excluding ortho intramolecular Hbond substituents is 1. The zero-order chi connectivity index (χ0) is 19.5. The molecule has 3 aromatic rings. The zero-order valence-corrected chi connectivity index (χ0v) is 15.3. The lowest BCUT2D eigenvalue weighted by molar-refractivity contribution is 0.0709. The monoisotopic (exact) mass is 373 g/mol. The molecule has 0 fully saturated rings. The molecule has 2 heterocycles. The number of carbonyl (C=O) groups is 1. The minimum atomic E-state index is -0.397. The Morgan fingerprint density at radius 2 is 1.89 bits per heavy atom. The van der Waals surface area contributed by atoms with Gasteiger partial charge in [-0.25, -0.2) is 5.01 Å². The Kier molecular flexibility index (Phi) is 4.76.